The van der Waals surface area contributed by atoms with Crippen LogP contribution in [0.3, 0.4) is 0 Å². The van der Waals surface area contributed by atoms with Crippen molar-refractivity contribution >= 4 is 5.91 Å². The fourth-order valence-electron chi connectivity index (χ4n) is 3.99. The Balaban J connectivity index is 1.63. The molecule has 28 heavy (non-hydrogen) atoms. The van der Waals surface area contributed by atoms with Crippen molar-refractivity contribution in [2.24, 2.45) is 5.92 Å². The summed E-state index contributed by atoms with van der Waals surface area (Å²) >= 11 is 0. The number of aryl methyl sites for hydroxylation is 1. The van der Waals surface area contributed by atoms with E-state index in [1.54, 1.807) is 19.0 Å². The van der Waals surface area contributed by atoms with E-state index in [1.807, 2.05) is 0 Å². The van der Waals surface area contributed by atoms with Crippen LogP contribution in [0.4, 0.5) is 0 Å². The van der Waals surface area contributed by atoms with Crippen LogP contribution < -0.4 is 5.32 Å². The van der Waals surface area contributed by atoms with Crippen molar-refractivity contribution < 1.29 is 4.79 Å². The van der Waals surface area contributed by atoms with E-state index in [-0.39, 0.29) is 5.91 Å². The van der Waals surface area contributed by atoms with Crippen LogP contribution in [0.15, 0.2) is 30.3 Å². The number of benzene rings is 1. The van der Waals surface area contributed by atoms with Gasteiger partial charge in [-0.1, -0.05) is 44.2 Å². The quantitative estimate of drug-likeness (QED) is 0.713. The third-order valence-corrected chi connectivity index (χ3v) is 5.41. The van der Waals surface area contributed by atoms with E-state index in [4.69, 9.17) is 5.10 Å². The number of aromatic nitrogens is 2. The Labute approximate surface area is 169 Å². The molecule has 0 saturated carbocycles. The summed E-state index contributed by atoms with van der Waals surface area (Å²) in [6.07, 6.45) is 5.23. The van der Waals surface area contributed by atoms with Crippen LogP contribution in [0.25, 0.3) is 0 Å². The first-order valence-electron chi connectivity index (χ1n) is 10.5. The molecule has 2 aromatic rings. The minimum atomic E-state index is 0.0171. The van der Waals surface area contributed by atoms with E-state index in [2.05, 4.69) is 54.2 Å². The van der Waals surface area contributed by atoms with Crippen LogP contribution in [0.2, 0.25) is 0 Å². The molecule has 0 spiro atoms. The summed E-state index contributed by atoms with van der Waals surface area (Å²) in [4.78, 5) is 14.3. The van der Waals surface area contributed by atoms with Crippen LogP contribution in [0, 0.1) is 5.92 Å². The maximum absolute atomic E-state index is 12.7. The maximum Gasteiger partial charge on any atom is 0.274 e. The van der Waals surface area contributed by atoms with E-state index < -0.39 is 0 Å². The molecule has 5 nitrogen and oxygen atoms in total. The SMILES string of the molecule is CC(C)Cn1nc(C(=O)N(C)C)c2c1CCC(NCCCc1ccccc1)C2. The fourth-order valence-corrected chi connectivity index (χ4v) is 3.99. The number of hydrogen-bond acceptors (Lipinski definition) is 3. The van der Waals surface area contributed by atoms with Crippen molar-refractivity contribution in [1.82, 2.24) is 20.0 Å². The van der Waals surface area contributed by atoms with Gasteiger partial charge in [0.1, 0.15) is 0 Å². The molecule has 3 rings (SSSR count). The molecule has 0 fully saturated rings. The van der Waals surface area contributed by atoms with Gasteiger partial charge in [0.25, 0.3) is 5.91 Å². The van der Waals surface area contributed by atoms with Crippen LogP contribution in [-0.2, 0) is 25.8 Å². The Morgan fingerprint density at radius 2 is 2.04 bits per heavy atom. The molecule has 1 aliphatic carbocycles. The molecule has 1 aromatic heterocycles. The molecular formula is C23H34N4O. The lowest BCUT2D eigenvalue weighted by Gasteiger charge is -2.25. The fraction of sp³-hybridized carbons (Fsp3) is 0.565. The average molecular weight is 383 g/mol. The third-order valence-electron chi connectivity index (χ3n) is 5.41. The van der Waals surface area contributed by atoms with Crippen molar-refractivity contribution in [3.8, 4) is 0 Å². The van der Waals surface area contributed by atoms with Gasteiger partial charge < -0.3 is 10.2 Å². The molecule has 152 valence electrons. The molecule has 1 aromatic carbocycles. The zero-order valence-electron chi connectivity index (χ0n) is 17.7. The van der Waals surface area contributed by atoms with Gasteiger partial charge in [0, 0.05) is 37.9 Å². The summed E-state index contributed by atoms with van der Waals surface area (Å²) in [6.45, 7) is 6.27. The number of nitrogens with one attached hydrogen (secondary N) is 1. The first kappa shape index (κ1) is 20.6. The van der Waals surface area contributed by atoms with Crippen molar-refractivity contribution in [1.29, 1.82) is 0 Å². The van der Waals surface area contributed by atoms with Gasteiger partial charge >= 0.3 is 0 Å². The van der Waals surface area contributed by atoms with Gasteiger partial charge in [0.05, 0.1) is 0 Å². The van der Waals surface area contributed by atoms with Gasteiger partial charge in [-0.15, -0.1) is 0 Å². The van der Waals surface area contributed by atoms with E-state index in [9.17, 15) is 4.79 Å². The van der Waals surface area contributed by atoms with Crippen molar-refractivity contribution in [3.05, 3.63) is 52.8 Å². The number of carbonyl (C=O) groups is 1. The van der Waals surface area contributed by atoms with Gasteiger partial charge in [-0.05, 0) is 50.1 Å². The minimum Gasteiger partial charge on any atom is -0.343 e. The predicted octanol–water partition coefficient (Wildman–Crippen LogP) is 3.32. The summed E-state index contributed by atoms with van der Waals surface area (Å²) in [5.74, 6) is 0.531. The molecular weight excluding hydrogens is 348 g/mol. The van der Waals surface area contributed by atoms with Crippen LogP contribution in [0.5, 0.6) is 0 Å². The summed E-state index contributed by atoms with van der Waals surface area (Å²) in [5.41, 5.74) is 4.47. The van der Waals surface area contributed by atoms with E-state index in [1.165, 1.54) is 11.3 Å². The Bertz CT molecular complexity index is 779. The number of carbonyl (C=O) groups excluding carboxylic acids is 1. The molecule has 0 radical (unpaired) electrons. The lowest BCUT2D eigenvalue weighted by atomic mass is 9.91. The number of hydrogen-bond donors (Lipinski definition) is 1. The van der Waals surface area contributed by atoms with Crippen LogP contribution in [-0.4, -0.2) is 47.3 Å². The van der Waals surface area contributed by atoms with Crippen molar-refractivity contribution in [2.75, 3.05) is 20.6 Å². The second-order valence-corrected chi connectivity index (χ2v) is 8.53. The monoisotopic (exact) mass is 382 g/mol. The molecule has 0 aliphatic heterocycles. The third kappa shape index (κ3) is 5.02. The van der Waals surface area contributed by atoms with Gasteiger partial charge in [0.2, 0.25) is 0 Å². The number of nitrogens with zero attached hydrogens (tertiary/aromatic N) is 3. The van der Waals surface area contributed by atoms with Gasteiger partial charge in [0.15, 0.2) is 5.69 Å². The minimum absolute atomic E-state index is 0.0171. The molecule has 0 saturated heterocycles. The van der Waals surface area contributed by atoms with Crippen molar-refractivity contribution in [3.63, 3.8) is 0 Å². The van der Waals surface area contributed by atoms with E-state index in [0.29, 0.717) is 17.7 Å². The normalized spacial score (nSPS) is 16.2. The lowest BCUT2D eigenvalue weighted by Crippen LogP contribution is -2.36. The standard InChI is InChI=1S/C23H34N4O/c1-17(2)16-27-21-13-12-19(15-20(21)22(25-27)23(28)26(3)4)24-14-8-11-18-9-6-5-7-10-18/h5-7,9-10,17,19,24H,8,11-16H2,1-4H3. The van der Waals surface area contributed by atoms with Gasteiger partial charge in [-0.25, -0.2) is 0 Å². The summed E-state index contributed by atoms with van der Waals surface area (Å²) in [5, 5.41) is 8.44. The average Bonchev–Trinajstić information content (AvgIpc) is 3.02. The number of fused-ring (bicyclic) bond motifs is 1. The molecule has 5 heteroatoms. The maximum atomic E-state index is 12.7. The number of rotatable bonds is 8. The first-order chi connectivity index (χ1) is 13.5. The largest absolute Gasteiger partial charge is 0.343 e. The Morgan fingerprint density at radius 3 is 2.71 bits per heavy atom. The Morgan fingerprint density at radius 1 is 1.29 bits per heavy atom. The summed E-state index contributed by atoms with van der Waals surface area (Å²) in [6, 6.07) is 11.1. The van der Waals surface area contributed by atoms with E-state index >= 15 is 0 Å². The molecule has 0 bridgehead atoms. The number of amides is 1. The lowest BCUT2D eigenvalue weighted by molar-refractivity contribution is 0.0819. The molecule has 1 N–H and O–H groups in total. The van der Waals surface area contributed by atoms with Gasteiger partial charge in [-0.3, -0.25) is 9.48 Å². The van der Waals surface area contributed by atoms with Crippen LogP contribution in [0.1, 0.15) is 54.0 Å². The summed E-state index contributed by atoms with van der Waals surface area (Å²) in [7, 11) is 3.61. The highest BCUT2D eigenvalue weighted by atomic mass is 16.2. The topological polar surface area (TPSA) is 50.2 Å². The second kappa shape index (κ2) is 9.37. The zero-order valence-corrected chi connectivity index (χ0v) is 17.7. The predicted molar refractivity (Wildman–Crippen MR) is 114 cm³/mol. The molecule has 1 unspecified atom stereocenters. The molecule has 1 amide bonds. The van der Waals surface area contributed by atoms with Crippen LogP contribution >= 0.6 is 0 Å². The highest BCUT2D eigenvalue weighted by Crippen LogP contribution is 2.26. The Hall–Kier alpha value is -2.14. The van der Waals surface area contributed by atoms with Crippen molar-refractivity contribution in [2.45, 2.75) is 58.5 Å². The van der Waals surface area contributed by atoms with E-state index in [0.717, 1.165) is 50.8 Å². The molecule has 1 heterocycles. The summed E-state index contributed by atoms with van der Waals surface area (Å²) < 4.78 is 2.09. The van der Waals surface area contributed by atoms with Gasteiger partial charge in [-0.2, -0.15) is 5.10 Å². The first-order valence-corrected chi connectivity index (χ1v) is 10.5. The molecule has 1 atom stereocenters. The smallest absolute Gasteiger partial charge is 0.274 e. The Kier molecular flexibility index (Phi) is 6.89. The zero-order chi connectivity index (χ0) is 20.1. The highest BCUT2D eigenvalue weighted by Gasteiger charge is 2.29. The second-order valence-electron chi connectivity index (χ2n) is 8.53. The highest BCUT2D eigenvalue weighted by molar-refractivity contribution is 5.93. The molecule has 1 aliphatic rings.